The molecule has 0 saturated heterocycles. The van der Waals surface area contributed by atoms with Crippen molar-refractivity contribution in [3.05, 3.63) is 83.8 Å². The maximum Gasteiger partial charge on any atom is 0.203 e. The zero-order valence-corrected chi connectivity index (χ0v) is 17.2. The van der Waals surface area contributed by atoms with Crippen molar-refractivity contribution in [2.75, 3.05) is 0 Å². The highest BCUT2D eigenvalue weighted by molar-refractivity contribution is 7.85. The number of carbonyl (C=O) groups is 1. The highest BCUT2D eigenvalue weighted by atomic mass is 32.2. The van der Waals surface area contributed by atoms with E-state index in [1.165, 1.54) is 18.2 Å². The van der Waals surface area contributed by atoms with Gasteiger partial charge in [0.05, 0.1) is 22.0 Å². The summed E-state index contributed by atoms with van der Waals surface area (Å²) in [5, 5.41) is 0. The molecular weight excluding hydrogens is 380 g/mol. The highest BCUT2D eigenvalue weighted by Crippen LogP contribution is 2.57. The van der Waals surface area contributed by atoms with E-state index in [1.54, 1.807) is 6.07 Å². The zero-order valence-electron chi connectivity index (χ0n) is 16.4. The fourth-order valence-electron chi connectivity index (χ4n) is 5.39. The third-order valence-electron chi connectivity index (χ3n) is 6.69. The van der Waals surface area contributed by atoms with Crippen LogP contribution in [0.2, 0.25) is 0 Å². The smallest absolute Gasteiger partial charge is 0.203 e. The first-order chi connectivity index (χ1) is 14.1. The molecule has 1 aromatic heterocycles. The summed E-state index contributed by atoms with van der Waals surface area (Å²) in [6.07, 6.45) is 4.89. The summed E-state index contributed by atoms with van der Waals surface area (Å²) >= 11 is 0. The first-order valence-electron chi connectivity index (χ1n) is 10.3. The van der Waals surface area contributed by atoms with E-state index in [-0.39, 0.29) is 23.4 Å². The van der Waals surface area contributed by atoms with Crippen molar-refractivity contribution in [3.63, 3.8) is 0 Å². The molecule has 148 valence electrons. The van der Waals surface area contributed by atoms with Crippen LogP contribution in [-0.2, 0) is 10.8 Å². The first kappa shape index (κ1) is 18.6. The van der Waals surface area contributed by atoms with Crippen LogP contribution in [0.25, 0.3) is 0 Å². The number of aryl methyl sites for hydroxylation is 1. The molecular formula is C25H24O3S. The van der Waals surface area contributed by atoms with Crippen LogP contribution in [0.3, 0.4) is 0 Å². The molecule has 2 aliphatic rings. The van der Waals surface area contributed by atoms with Gasteiger partial charge in [-0.1, -0.05) is 48.0 Å². The standard InChI is InChI=1S/C25H24O3S/c1-16-7-11-20(12-8-16)29(27)21-13-14-28-25(21)24(26)23-19-10-9-18(15-19)22(23)17-5-3-2-4-6-17/h2-8,11-14,18-19,22-23H,9-10,15H2,1H3/t18-,19+,22+,23+,29?/m0/s1. The maximum atomic E-state index is 13.7. The molecule has 1 heterocycles. The van der Waals surface area contributed by atoms with Gasteiger partial charge in [0.15, 0.2) is 5.76 Å². The summed E-state index contributed by atoms with van der Waals surface area (Å²) in [5.41, 5.74) is 2.35. The van der Waals surface area contributed by atoms with Crippen LogP contribution in [0, 0.1) is 24.7 Å². The van der Waals surface area contributed by atoms with Gasteiger partial charge in [0, 0.05) is 10.8 Å². The van der Waals surface area contributed by atoms with Crippen LogP contribution in [0.1, 0.15) is 46.9 Å². The molecule has 0 radical (unpaired) electrons. The lowest BCUT2D eigenvalue weighted by molar-refractivity contribution is 0.0819. The van der Waals surface area contributed by atoms with Gasteiger partial charge in [0.1, 0.15) is 0 Å². The fraction of sp³-hybridized carbons (Fsp3) is 0.320. The molecule has 0 amide bonds. The molecule has 2 saturated carbocycles. The Balaban J connectivity index is 1.49. The topological polar surface area (TPSA) is 47.3 Å². The molecule has 29 heavy (non-hydrogen) atoms. The van der Waals surface area contributed by atoms with Crippen LogP contribution in [-0.4, -0.2) is 9.99 Å². The van der Waals surface area contributed by atoms with E-state index in [0.29, 0.717) is 21.6 Å². The van der Waals surface area contributed by atoms with E-state index in [9.17, 15) is 9.00 Å². The summed E-state index contributed by atoms with van der Waals surface area (Å²) in [4.78, 5) is 14.9. The number of furan rings is 1. The Hall–Kier alpha value is -2.46. The quantitative estimate of drug-likeness (QED) is 0.507. The van der Waals surface area contributed by atoms with Crippen molar-refractivity contribution in [1.29, 1.82) is 0 Å². The van der Waals surface area contributed by atoms with Crippen LogP contribution < -0.4 is 0 Å². The van der Waals surface area contributed by atoms with Gasteiger partial charge in [-0.3, -0.25) is 4.79 Å². The van der Waals surface area contributed by atoms with E-state index >= 15 is 0 Å². The average Bonchev–Trinajstić information content (AvgIpc) is 3.49. The Morgan fingerprint density at radius 2 is 1.69 bits per heavy atom. The molecule has 5 rings (SSSR count). The molecule has 2 aromatic carbocycles. The molecule has 4 heteroatoms. The van der Waals surface area contributed by atoms with Gasteiger partial charge < -0.3 is 4.42 Å². The molecule has 2 bridgehead atoms. The zero-order chi connectivity index (χ0) is 20.0. The van der Waals surface area contributed by atoms with E-state index in [4.69, 9.17) is 4.42 Å². The average molecular weight is 405 g/mol. The molecule has 2 aliphatic carbocycles. The van der Waals surface area contributed by atoms with Gasteiger partial charge >= 0.3 is 0 Å². The van der Waals surface area contributed by atoms with E-state index < -0.39 is 10.8 Å². The molecule has 3 aromatic rings. The van der Waals surface area contributed by atoms with Gasteiger partial charge in [-0.15, -0.1) is 0 Å². The molecule has 5 atom stereocenters. The number of fused-ring (bicyclic) bond motifs is 2. The third-order valence-corrected chi connectivity index (χ3v) is 8.11. The Labute approximate surface area is 173 Å². The van der Waals surface area contributed by atoms with Gasteiger partial charge in [0.25, 0.3) is 0 Å². The number of hydrogen-bond donors (Lipinski definition) is 0. The van der Waals surface area contributed by atoms with Crippen molar-refractivity contribution in [2.45, 2.75) is 41.9 Å². The predicted octanol–water partition coefficient (Wildman–Crippen LogP) is 5.77. The Kier molecular flexibility index (Phi) is 4.75. The summed E-state index contributed by atoms with van der Waals surface area (Å²) < 4.78 is 18.8. The van der Waals surface area contributed by atoms with Gasteiger partial charge in [0.2, 0.25) is 5.78 Å². The Morgan fingerprint density at radius 3 is 2.45 bits per heavy atom. The van der Waals surface area contributed by atoms with Crippen molar-refractivity contribution in [3.8, 4) is 0 Å². The lowest BCUT2D eigenvalue weighted by atomic mass is 9.73. The van der Waals surface area contributed by atoms with E-state index in [1.807, 2.05) is 49.4 Å². The molecule has 2 fully saturated rings. The monoisotopic (exact) mass is 404 g/mol. The maximum absolute atomic E-state index is 13.7. The van der Waals surface area contributed by atoms with Crippen LogP contribution in [0.15, 0.2) is 81.1 Å². The summed E-state index contributed by atoms with van der Waals surface area (Å²) in [7, 11) is -1.43. The minimum Gasteiger partial charge on any atom is -0.460 e. The number of hydrogen-bond acceptors (Lipinski definition) is 3. The Bertz CT molecular complexity index is 1050. The highest BCUT2D eigenvalue weighted by Gasteiger charge is 2.52. The molecule has 0 spiro atoms. The normalized spacial score (nSPS) is 26.5. The second kappa shape index (κ2) is 7.42. The van der Waals surface area contributed by atoms with Crippen molar-refractivity contribution >= 4 is 16.6 Å². The molecule has 3 nitrogen and oxygen atoms in total. The molecule has 0 N–H and O–H groups in total. The van der Waals surface area contributed by atoms with Crippen LogP contribution in [0.4, 0.5) is 0 Å². The number of Topliss-reactive ketones (excluding diaryl/α,β-unsaturated/α-hetero) is 1. The SMILES string of the molecule is Cc1ccc(S(=O)c2ccoc2C(=O)[C@@H]2[C@@H]3CC[C@@H](C3)[C@H]2c2ccccc2)cc1. The second-order valence-corrected chi connectivity index (χ2v) is 9.80. The van der Waals surface area contributed by atoms with Crippen LogP contribution in [0.5, 0.6) is 0 Å². The summed E-state index contributed by atoms with van der Waals surface area (Å²) in [6, 6.07) is 19.7. The lowest BCUT2D eigenvalue weighted by Gasteiger charge is -2.30. The largest absolute Gasteiger partial charge is 0.460 e. The second-order valence-electron chi connectivity index (χ2n) is 8.36. The number of benzene rings is 2. The molecule has 1 unspecified atom stereocenters. The summed E-state index contributed by atoms with van der Waals surface area (Å²) in [5.74, 6) is 1.39. The van der Waals surface area contributed by atoms with Crippen molar-refractivity contribution in [2.24, 2.45) is 17.8 Å². The number of ketones is 1. The fourth-order valence-corrected chi connectivity index (χ4v) is 6.52. The molecule has 0 aliphatic heterocycles. The van der Waals surface area contributed by atoms with Crippen LogP contribution >= 0.6 is 0 Å². The first-order valence-corrected chi connectivity index (χ1v) is 11.4. The van der Waals surface area contributed by atoms with E-state index in [0.717, 1.165) is 18.4 Å². The number of rotatable bonds is 5. The number of carbonyl (C=O) groups excluding carboxylic acids is 1. The predicted molar refractivity (Wildman–Crippen MR) is 112 cm³/mol. The minimum atomic E-state index is -1.43. The van der Waals surface area contributed by atoms with Gasteiger partial charge in [-0.2, -0.15) is 0 Å². The Morgan fingerprint density at radius 1 is 0.966 bits per heavy atom. The summed E-state index contributed by atoms with van der Waals surface area (Å²) in [6.45, 7) is 2.00. The van der Waals surface area contributed by atoms with Crippen molar-refractivity contribution < 1.29 is 13.4 Å². The third kappa shape index (κ3) is 3.20. The lowest BCUT2D eigenvalue weighted by Crippen LogP contribution is -2.28. The van der Waals surface area contributed by atoms with Gasteiger partial charge in [-0.25, -0.2) is 4.21 Å². The van der Waals surface area contributed by atoms with Crippen molar-refractivity contribution in [1.82, 2.24) is 0 Å². The van der Waals surface area contributed by atoms with Gasteiger partial charge in [-0.05, 0) is 67.7 Å². The van der Waals surface area contributed by atoms with E-state index in [2.05, 4.69) is 12.1 Å². The minimum absolute atomic E-state index is 0.0199.